The van der Waals surface area contributed by atoms with Gasteiger partial charge in [0.1, 0.15) is 5.69 Å². The number of benzene rings is 1. The molecular weight excluding hydrogens is 475 g/mol. The van der Waals surface area contributed by atoms with Gasteiger partial charge in [0.05, 0.1) is 34.9 Å². The van der Waals surface area contributed by atoms with Crippen LogP contribution in [0.2, 0.25) is 10.0 Å². The Kier molecular flexibility index (Phi) is 13.2. The topological polar surface area (TPSA) is 73.3 Å². The first-order chi connectivity index (χ1) is 16.5. The van der Waals surface area contributed by atoms with Crippen LogP contribution in [-0.4, -0.2) is 29.0 Å². The molecule has 0 aliphatic rings. The molecule has 0 spiro atoms. The molecule has 0 bridgehead atoms. The lowest BCUT2D eigenvalue weighted by atomic mass is 10.1. The van der Waals surface area contributed by atoms with Crippen molar-refractivity contribution in [3.63, 3.8) is 0 Å². The van der Waals surface area contributed by atoms with Crippen molar-refractivity contribution in [1.29, 1.82) is 0 Å². The summed E-state index contributed by atoms with van der Waals surface area (Å²) in [6.45, 7) is 4.83. The zero-order chi connectivity index (χ0) is 24.8. The second-order valence-electron chi connectivity index (χ2n) is 8.54. The quantitative estimate of drug-likeness (QED) is 0.174. The number of nitrogens with one attached hydrogen (secondary N) is 1. The van der Waals surface area contributed by atoms with Crippen molar-refractivity contribution in [2.45, 2.75) is 90.9 Å². The average molecular weight is 514 g/mol. The third-order valence-electron chi connectivity index (χ3n) is 5.70. The zero-order valence-electron chi connectivity index (χ0n) is 20.5. The fraction of sp³-hybridized carbons (Fsp3) is 0.615. The number of aromatic amines is 1. The van der Waals surface area contributed by atoms with Gasteiger partial charge in [-0.15, -0.1) is 0 Å². The van der Waals surface area contributed by atoms with Crippen LogP contribution in [-0.2, 0) is 4.74 Å². The third kappa shape index (κ3) is 9.38. The van der Waals surface area contributed by atoms with Crippen LogP contribution in [0.5, 0.6) is 5.88 Å². The van der Waals surface area contributed by atoms with Crippen molar-refractivity contribution in [3.8, 4) is 11.6 Å². The van der Waals surface area contributed by atoms with E-state index in [4.69, 9.17) is 32.7 Å². The predicted octanol–water partition coefficient (Wildman–Crippen LogP) is 7.73. The molecule has 1 heterocycles. The van der Waals surface area contributed by atoms with E-state index >= 15 is 0 Å². The van der Waals surface area contributed by atoms with Crippen LogP contribution in [0.3, 0.4) is 0 Å². The summed E-state index contributed by atoms with van der Waals surface area (Å²) in [7, 11) is 0. The van der Waals surface area contributed by atoms with Gasteiger partial charge in [-0.1, -0.05) is 101 Å². The van der Waals surface area contributed by atoms with E-state index in [9.17, 15) is 9.59 Å². The fourth-order valence-electron chi connectivity index (χ4n) is 3.86. The van der Waals surface area contributed by atoms with E-state index in [2.05, 4.69) is 12.0 Å². The van der Waals surface area contributed by atoms with Crippen LogP contribution in [0.25, 0.3) is 5.69 Å². The van der Waals surface area contributed by atoms with Crippen molar-refractivity contribution in [2.75, 3.05) is 13.2 Å². The lowest BCUT2D eigenvalue weighted by Gasteiger charge is -2.11. The second-order valence-corrected chi connectivity index (χ2v) is 9.35. The van der Waals surface area contributed by atoms with Gasteiger partial charge in [-0.3, -0.25) is 9.89 Å². The number of carbonyl (C=O) groups excluding carboxylic acids is 1. The lowest BCUT2D eigenvalue weighted by molar-refractivity contribution is 0.0497. The Bertz CT molecular complexity index is 916. The van der Waals surface area contributed by atoms with Crippen LogP contribution >= 0.6 is 23.2 Å². The summed E-state index contributed by atoms with van der Waals surface area (Å²) in [5.41, 5.74) is 0.147. The minimum absolute atomic E-state index is 0.164. The number of unbranched alkanes of at least 4 members (excludes halogenated alkanes) is 11. The summed E-state index contributed by atoms with van der Waals surface area (Å²) in [5.74, 6) is -0.169. The Morgan fingerprint density at radius 3 is 1.91 bits per heavy atom. The first-order valence-corrected chi connectivity index (χ1v) is 13.3. The van der Waals surface area contributed by atoms with Gasteiger partial charge in [-0.2, -0.15) is 0 Å². The maximum atomic E-state index is 12.4. The van der Waals surface area contributed by atoms with Crippen LogP contribution in [0.4, 0.5) is 0 Å². The molecule has 2 aromatic rings. The Hall–Kier alpha value is -1.92. The Morgan fingerprint density at radius 2 is 1.38 bits per heavy atom. The van der Waals surface area contributed by atoms with E-state index < -0.39 is 5.97 Å². The van der Waals surface area contributed by atoms with E-state index in [-0.39, 0.29) is 26.9 Å². The predicted molar refractivity (Wildman–Crippen MR) is 139 cm³/mol. The van der Waals surface area contributed by atoms with E-state index in [1.54, 1.807) is 0 Å². The summed E-state index contributed by atoms with van der Waals surface area (Å²) < 4.78 is 11.9. The van der Waals surface area contributed by atoms with E-state index in [0.717, 1.165) is 19.3 Å². The third-order valence-corrected chi connectivity index (χ3v) is 6.28. The summed E-state index contributed by atoms with van der Waals surface area (Å²) in [5, 5.41) is 3.13. The molecule has 34 heavy (non-hydrogen) atoms. The summed E-state index contributed by atoms with van der Waals surface area (Å²) >= 11 is 12.7. The Labute approximate surface area is 212 Å². The SMILES string of the molecule is CCCCCCCCCCCCCCOC(=O)c1cc(Cl)c(-n2[nH]c(OCC)cc2=O)c(Cl)c1. The Balaban J connectivity index is 1.70. The highest BCUT2D eigenvalue weighted by molar-refractivity contribution is 6.38. The zero-order valence-corrected chi connectivity index (χ0v) is 22.0. The van der Waals surface area contributed by atoms with Gasteiger partial charge >= 0.3 is 5.97 Å². The number of rotatable bonds is 17. The largest absolute Gasteiger partial charge is 0.478 e. The summed E-state index contributed by atoms with van der Waals surface area (Å²) in [4.78, 5) is 24.6. The standard InChI is InChI=1S/C26H38Cl2N2O4/c1-3-5-6-7-8-9-10-11-12-13-14-15-16-34-26(32)20-17-21(27)25(22(28)18-20)30-24(31)19-23(29-30)33-4-2/h17-19,29H,3-16H2,1-2H3. The van der Waals surface area contributed by atoms with Crippen LogP contribution in [0.1, 0.15) is 101 Å². The van der Waals surface area contributed by atoms with Crippen molar-refractivity contribution in [1.82, 2.24) is 9.78 Å². The number of hydrogen-bond acceptors (Lipinski definition) is 4. The number of ether oxygens (including phenoxy) is 2. The van der Waals surface area contributed by atoms with Gasteiger partial charge < -0.3 is 9.47 Å². The Morgan fingerprint density at radius 1 is 0.853 bits per heavy atom. The van der Waals surface area contributed by atoms with Crippen LogP contribution in [0, 0.1) is 0 Å². The van der Waals surface area contributed by atoms with Crippen molar-refractivity contribution < 1.29 is 14.3 Å². The molecule has 0 amide bonds. The fourth-order valence-corrected chi connectivity index (χ4v) is 4.51. The van der Waals surface area contributed by atoms with Crippen molar-refractivity contribution >= 4 is 29.2 Å². The van der Waals surface area contributed by atoms with Gasteiger partial charge in [-0.25, -0.2) is 9.48 Å². The molecule has 1 aromatic carbocycles. The van der Waals surface area contributed by atoms with Gasteiger partial charge in [0.15, 0.2) is 0 Å². The van der Waals surface area contributed by atoms with Crippen molar-refractivity contribution in [3.05, 3.63) is 44.2 Å². The molecule has 0 radical (unpaired) electrons. The minimum Gasteiger partial charge on any atom is -0.478 e. The maximum Gasteiger partial charge on any atom is 0.338 e. The van der Waals surface area contributed by atoms with Gasteiger partial charge in [0, 0.05) is 0 Å². The molecule has 190 valence electrons. The average Bonchev–Trinajstić information content (AvgIpc) is 3.16. The molecule has 0 fully saturated rings. The van der Waals surface area contributed by atoms with Crippen molar-refractivity contribution in [2.24, 2.45) is 0 Å². The molecule has 6 nitrogen and oxygen atoms in total. The minimum atomic E-state index is -0.479. The molecule has 2 rings (SSSR count). The molecular formula is C26H38Cl2N2O4. The molecule has 1 aromatic heterocycles. The highest BCUT2D eigenvalue weighted by Gasteiger charge is 2.18. The molecule has 1 N–H and O–H groups in total. The monoisotopic (exact) mass is 512 g/mol. The molecule has 0 saturated carbocycles. The summed E-state index contributed by atoms with van der Waals surface area (Å²) in [6, 6.07) is 4.23. The van der Waals surface area contributed by atoms with E-state index in [1.807, 2.05) is 6.92 Å². The summed E-state index contributed by atoms with van der Waals surface area (Å²) in [6.07, 6.45) is 15.0. The van der Waals surface area contributed by atoms with Gasteiger partial charge in [-0.05, 0) is 25.5 Å². The van der Waals surface area contributed by atoms with E-state index in [1.165, 1.54) is 80.7 Å². The normalized spacial score (nSPS) is 11.1. The molecule has 0 saturated heterocycles. The number of aromatic nitrogens is 2. The smallest absolute Gasteiger partial charge is 0.338 e. The molecule has 8 heteroatoms. The maximum absolute atomic E-state index is 12.4. The highest BCUT2D eigenvalue weighted by atomic mass is 35.5. The molecule has 0 unspecified atom stereocenters. The number of halogens is 2. The molecule has 0 aliphatic carbocycles. The highest BCUT2D eigenvalue weighted by Crippen LogP contribution is 2.30. The van der Waals surface area contributed by atoms with Gasteiger partial charge in [0.2, 0.25) is 5.88 Å². The van der Waals surface area contributed by atoms with Crippen LogP contribution < -0.4 is 10.3 Å². The van der Waals surface area contributed by atoms with Gasteiger partial charge in [0.25, 0.3) is 5.56 Å². The number of nitrogens with zero attached hydrogens (tertiary/aromatic N) is 1. The number of esters is 1. The second kappa shape index (κ2) is 15.9. The number of H-pyrrole nitrogens is 1. The molecule has 0 atom stereocenters. The first kappa shape index (κ1) is 28.3. The van der Waals surface area contributed by atoms with Crippen LogP contribution in [0.15, 0.2) is 23.0 Å². The van der Waals surface area contributed by atoms with E-state index in [0.29, 0.717) is 19.1 Å². The number of hydrogen-bond donors (Lipinski definition) is 1. The first-order valence-electron chi connectivity index (χ1n) is 12.6. The number of carbonyl (C=O) groups is 1. The molecule has 0 aliphatic heterocycles. The lowest BCUT2D eigenvalue weighted by Crippen LogP contribution is -2.15.